The summed E-state index contributed by atoms with van der Waals surface area (Å²) < 4.78 is 0. The van der Waals surface area contributed by atoms with Gasteiger partial charge in [0.1, 0.15) is 0 Å². The molecule has 0 aliphatic rings. The minimum Gasteiger partial charge on any atom is -0.127 e. The summed E-state index contributed by atoms with van der Waals surface area (Å²) >= 11 is 7.81. The monoisotopic (exact) mass is 402 g/mol. The smallest absolute Gasteiger partial charge is 0.0223 e. The molecule has 0 radical (unpaired) electrons. The lowest BCUT2D eigenvalue weighted by Crippen LogP contribution is -1.90. The molecule has 28 heavy (non-hydrogen) atoms. The van der Waals surface area contributed by atoms with Gasteiger partial charge in [-0.05, 0) is 63.8 Å². The molecule has 0 N–H and O–H groups in total. The van der Waals surface area contributed by atoms with Gasteiger partial charge in [-0.1, -0.05) is 78.9 Å². The quantitative estimate of drug-likeness (QED) is 0.170. The molecule has 0 saturated carbocycles. The van der Waals surface area contributed by atoms with Crippen molar-refractivity contribution in [3.05, 3.63) is 91.0 Å². The van der Waals surface area contributed by atoms with E-state index in [1.807, 2.05) is 11.8 Å². The topological polar surface area (TPSA) is 0 Å². The number of thioether (sulfide) groups is 1. The predicted molar refractivity (Wildman–Crippen MR) is 125 cm³/mol. The molecule has 0 nitrogen and oxygen atoms in total. The minimum atomic E-state index is 0.738. The number of halogens is 1. The summed E-state index contributed by atoms with van der Waals surface area (Å²) in [6.45, 7) is 0. The Balaban J connectivity index is 1.83. The second-order valence-corrected chi connectivity index (χ2v) is 8.37. The molecule has 4 aromatic rings. The summed E-state index contributed by atoms with van der Waals surface area (Å²) in [7, 11) is 0. The van der Waals surface area contributed by atoms with Crippen LogP contribution in [-0.2, 0) is 0 Å². The van der Waals surface area contributed by atoms with Crippen molar-refractivity contribution < 1.29 is 0 Å². The Morgan fingerprint density at radius 2 is 1.25 bits per heavy atom. The number of hydrogen-bond acceptors (Lipinski definition) is 1. The van der Waals surface area contributed by atoms with Gasteiger partial charge in [-0.3, -0.25) is 0 Å². The largest absolute Gasteiger partial charge is 0.127 e. The van der Waals surface area contributed by atoms with Crippen LogP contribution < -0.4 is 0 Å². The van der Waals surface area contributed by atoms with Gasteiger partial charge in [-0.15, -0.1) is 23.4 Å². The van der Waals surface area contributed by atoms with Crippen LogP contribution in [0.25, 0.3) is 33.0 Å². The Bertz CT molecular complexity index is 1060. The van der Waals surface area contributed by atoms with Crippen LogP contribution in [0.1, 0.15) is 12.8 Å². The van der Waals surface area contributed by atoms with Gasteiger partial charge in [0.2, 0.25) is 0 Å². The second kappa shape index (κ2) is 9.32. The Labute approximate surface area is 176 Å². The Kier molecular flexibility index (Phi) is 6.36. The van der Waals surface area contributed by atoms with Gasteiger partial charge >= 0.3 is 0 Å². The number of benzene rings is 4. The average Bonchev–Trinajstić information content (AvgIpc) is 2.77. The fraction of sp³-hybridized carbons (Fsp3) is 0.154. The third-order valence-electron chi connectivity index (χ3n) is 4.94. The molecule has 0 atom stereocenters. The SMILES string of the molecule is ClCCCCSc1cc2ccccc2cc1-c1ccccc1-c1ccccc1. The maximum absolute atomic E-state index is 5.87. The number of rotatable bonds is 7. The molecular formula is C26H23ClS. The second-order valence-electron chi connectivity index (χ2n) is 6.85. The van der Waals surface area contributed by atoms with E-state index in [1.54, 1.807) is 0 Å². The fourth-order valence-electron chi connectivity index (χ4n) is 3.52. The third-order valence-corrected chi connectivity index (χ3v) is 6.34. The van der Waals surface area contributed by atoms with E-state index in [-0.39, 0.29) is 0 Å². The highest BCUT2D eigenvalue weighted by atomic mass is 35.5. The minimum absolute atomic E-state index is 0.738. The van der Waals surface area contributed by atoms with Gasteiger partial charge in [-0.25, -0.2) is 0 Å². The van der Waals surface area contributed by atoms with Gasteiger partial charge in [0.05, 0.1) is 0 Å². The van der Waals surface area contributed by atoms with E-state index < -0.39 is 0 Å². The first-order chi connectivity index (χ1) is 13.9. The fourth-order valence-corrected chi connectivity index (χ4v) is 4.81. The average molecular weight is 403 g/mol. The molecule has 2 heteroatoms. The summed E-state index contributed by atoms with van der Waals surface area (Å²) in [5.74, 6) is 1.83. The van der Waals surface area contributed by atoms with Crippen molar-refractivity contribution in [3.8, 4) is 22.3 Å². The van der Waals surface area contributed by atoms with Crippen LogP contribution in [-0.4, -0.2) is 11.6 Å². The van der Waals surface area contributed by atoms with Crippen LogP contribution >= 0.6 is 23.4 Å². The van der Waals surface area contributed by atoms with Crippen LogP contribution in [0.4, 0.5) is 0 Å². The van der Waals surface area contributed by atoms with E-state index in [9.17, 15) is 0 Å². The zero-order chi connectivity index (χ0) is 19.2. The highest BCUT2D eigenvalue weighted by molar-refractivity contribution is 7.99. The Morgan fingerprint density at radius 1 is 0.607 bits per heavy atom. The first-order valence-electron chi connectivity index (χ1n) is 9.73. The zero-order valence-electron chi connectivity index (χ0n) is 15.8. The van der Waals surface area contributed by atoms with Gasteiger partial charge < -0.3 is 0 Å². The molecule has 0 aliphatic carbocycles. The van der Waals surface area contributed by atoms with Crippen LogP contribution in [0.5, 0.6) is 0 Å². The van der Waals surface area contributed by atoms with Crippen LogP contribution in [0.15, 0.2) is 95.9 Å². The molecule has 4 rings (SSSR count). The molecule has 4 aromatic carbocycles. The van der Waals surface area contributed by atoms with Crippen molar-refractivity contribution in [3.63, 3.8) is 0 Å². The van der Waals surface area contributed by atoms with Crippen LogP contribution in [0, 0.1) is 0 Å². The first-order valence-corrected chi connectivity index (χ1v) is 11.3. The normalized spacial score (nSPS) is 11.0. The summed E-state index contributed by atoms with van der Waals surface area (Å²) in [6.07, 6.45) is 2.21. The standard InChI is InChI=1S/C26H23ClS/c27-16-8-9-17-28-26-19-22-13-5-4-12-21(22)18-25(26)24-15-7-6-14-23(24)20-10-2-1-3-11-20/h1-7,10-15,18-19H,8-9,16-17H2. The molecule has 0 aromatic heterocycles. The van der Waals surface area contributed by atoms with Gasteiger partial charge in [0.25, 0.3) is 0 Å². The van der Waals surface area contributed by atoms with E-state index >= 15 is 0 Å². The highest BCUT2D eigenvalue weighted by Gasteiger charge is 2.12. The lowest BCUT2D eigenvalue weighted by atomic mass is 9.93. The van der Waals surface area contributed by atoms with Gasteiger partial charge in [-0.2, -0.15) is 0 Å². The van der Waals surface area contributed by atoms with Gasteiger partial charge in [0.15, 0.2) is 0 Å². The van der Waals surface area contributed by atoms with E-state index in [4.69, 9.17) is 11.6 Å². The maximum atomic E-state index is 5.87. The molecule has 0 amide bonds. The lowest BCUT2D eigenvalue weighted by molar-refractivity contribution is 0.903. The van der Waals surface area contributed by atoms with Crippen molar-refractivity contribution >= 4 is 34.1 Å². The number of alkyl halides is 1. The Hall–Kier alpha value is -2.22. The van der Waals surface area contributed by atoms with E-state index in [0.717, 1.165) is 24.5 Å². The molecule has 0 spiro atoms. The zero-order valence-corrected chi connectivity index (χ0v) is 17.3. The molecule has 0 bridgehead atoms. The Morgan fingerprint density at radius 3 is 2.00 bits per heavy atom. The summed E-state index contributed by atoms with van der Waals surface area (Å²) in [6, 6.07) is 32.7. The van der Waals surface area contributed by atoms with Gasteiger partial charge in [0, 0.05) is 10.8 Å². The number of fused-ring (bicyclic) bond motifs is 1. The molecule has 140 valence electrons. The summed E-state index contributed by atoms with van der Waals surface area (Å²) in [5.41, 5.74) is 5.14. The third kappa shape index (κ3) is 4.27. The van der Waals surface area contributed by atoms with Crippen LogP contribution in [0.2, 0.25) is 0 Å². The number of unbranched alkanes of at least 4 members (excludes halogenated alkanes) is 1. The van der Waals surface area contributed by atoms with E-state index in [0.29, 0.717) is 0 Å². The van der Waals surface area contributed by atoms with Crippen molar-refractivity contribution in [1.29, 1.82) is 0 Å². The first kappa shape index (κ1) is 19.1. The van der Waals surface area contributed by atoms with Crippen molar-refractivity contribution in [2.24, 2.45) is 0 Å². The van der Waals surface area contributed by atoms with Crippen molar-refractivity contribution in [2.75, 3.05) is 11.6 Å². The van der Waals surface area contributed by atoms with E-state index in [2.05, 4.69) is 91.0 Å². The number of hydrogen-bond donors (Lipinski definition) is 0. The maximum Gasteiger partial charge on any atom is 0.0223 e. The molecule has 0 heterocycles. The molecular weight excluding hydrogens is 380 g/mol. The molecule has 0 fully saturated rings. The van der Waals surface area contributed by atoms with Crippen LogP contribution in [0.3, 0.4) is 0 Å². The summed E-state index contributed by atoms with van der Waals surface area (Å²) in [4.78, 5) is 1.34. The lowest BCUT2D eigenvalue weighted by Gasteiger charge is -2.15. The highest BCUT2D eigenvalue weighted by Crippen LogP contribution is 2.40. The molecule has 0 unspecified atom stereocenters. The predicted octanol–water partition coefficient (Wildman–Crippen LogP) is 8.28. The van der Waals surface area contributed by atoms with E-state index in [1.165, 1.54) is 37.9 Å². The van der Waals surface area contributed by atoms with Crippen molar-refractivity contribution in [2.45, 2.75) is 17.7 Å². The molecule has 0 aliphatic heterocycles. The van der Waals surface area contributed by atoms with Crippen molar-refractivity contribution in [1.82, 2.24) is 0 Å². The molecule has 0 saturated heterocycles. The summed E-state index contributed by atoms with van der Waals surface area (Å²) in [5, 5.41) is 2.58.